The number of hydrazone groups is 1. The van der Waals surface area contributed by atoms with E-state index in [1.807, 2.05) is 24.3 Å². The van der Waals surface area contributed by atoms with Gasteiger partial charge in [-0.3, -0.25) is 4.79 Å². The quantitative estimate of drug-likeness (QED) is 0.210. The molecule has 27 heavy (non-hydrogen) atoms. The van der Waals surface area contributed by atoms with Gasteiger partial charge in [0, 0.05) is 12.0 Å². The maximum Gasteiger partial charge on any atom is 0.240 e. The third kappa shape index (κ3) is 5.16. The zero-order valence-electron chi connectivity index (χ0n) is 16.1. The number of rotatable bonds is 9. The van der Waals surface area contributed by atoms with E-state index in [-0.39, 0.29) is 5.91 Å². The van der Waals surface area contributed by atoms with Gasteiger partial charge in [-0.25, -0.2) is 5.43 Å². The maximum absolute atomic E-state index is 12.0. The second-order valence-corrected chi connectivity index (χ2v) is 7.04. The molecule has 0 fully saturated rings. The molecule has 3 aromatic carbocycles. The Kier molecular flexibility index (Phi) is 6.97. The third-order valence-electron chi connectivity index (χ3n) is 4.95. The van der Waals surface area contributed by atoms with Crippen LogP contribution in [0, 0.1) is 0 Å². The number of hydrogen-bond donors (Lipinski definition) is 1. The maximum atomic E-state index is 12.0. The average molecular weight is 361 g/mol. The summed E-state index contributed by atoms with van der Waals surface area (Å²) in [5.41, 5.74) is 3.74. The van der Waals surface area contributed by atoms with E-state index < -0.39 is 0 Å². The van der Waals surface area contributed by atoms with Gasteiger partial charge in [-0.2, -0.15) is 5.10 Å². The summed E-state index contributed by atoms with van der Waals surface area (Å²) in [7, 11) is 0. The highest BCUT2D eigenvalue weighted by atomic mass is 16.2. The van der Waals surface area contributed by atoms with Crippen molar-refractivity contribution in [1.29, 1.82) is 0 Å². The van der Waals surface area contributed by atoms with Crippen molar-refractivity contribution in [3.8, 4) is 0 Å². The molecule has 0 atom stereocenters. The zero-order chi connectivity index (χ0) is 18.9. The standard InChI is InChI=1S/C24H28N2O/c1-2-3-4-5-6-7-16-24(27)26-25-18-23-21-14-10-8-12-19(21)17-20-13-9-11-15-22(20)23/h8-15,17-18H,2-7,16H2,1H3,(H,26,27). The number of amides is 1. The molecule has 140 valence electrons. The van der Waals surface area contributed by atoms with Gasteiger partial charge >= 0.3 is 0 Å². The topological polar surface area (TPSA) is 41.5 Å². The minimum absolute atomic E-state index is 0.00807. The van der Waals surface area contributed by atoms with Gasteiger partial charge < -0.3 is 0 Å². The molecular formula is C24H28N2O. The molecule has 0 radical (unpaired) electrons. The lowest BCUT2D eigenvalue weighted by Gasteiger charge is -2.08. The van der Waals surface area contributed by atoms with Gasteiger partial charge in [0.05, 0.1) is 6.21 Å². The Morgan fingerprint density at radius 1 is 0.889 bits per heavy atom. The van der Waals surface area contributed by atoms with Gasteiger partial charge in [0.2, 0.25) is 5.91 Å². The van der Waals surface area contributed by atoms with E-state index in [2.05, 4.69) is 47.8 Å². The van der Waals surface area contributed by atoms with Crippen molar-refractivity contribution in [2.75, 3.05) is 0 Å². The van der Waals surface area contributed by atoms with Gasteiger partial charge in [0.15, 0.2) is 0 Å². The summed E-state index contributed by atoms with van der Waals surface area (Å²) < 4.78 is 0. The third-order valence-corrected chi connectivity index (χ3v) is 4.95. The second-order valence-electron chi connectivity index (χ2n) is 7.04. The zero-order valence-corrected chi connectivity index (χ0v) is 16.1. The van der Waals surface area contributed by atoms with Gasteiger partial charge in [-0.15, -0.1) is 0 Å². The van der Waals surface area contributed by atoms with Crippen molar-refractivity contribution in [2.45, 2.75) is 51.9 Å². The molecule has 0 aliphatic rings. The van der Waals surface area contributed by atoms with Gasteiger partial charge in [0.25, 0.3) is 0 Å². The van der Waals surface area contributed by atoms with Crippen LogP contribution in [0.4, 0.5) is 0 Å². The fourth-order valence-corrected chi connectivity index (χ4v) is 3.48. The summed E-state index contributed by atoms with van der Waals surface area (Å²) in [6, 6.07) is 18.8. The number of benzene rings is 3. The van der Waals surface area contributed by atoms with Crippen molar-refractivity contribution >= 4 is 33.7 Å². The average Bonchev–Trinajstić information content (AvgIpc) is 2.70. The highest BCUT2D eigenvalue weighted by Crippen LogP contribution is 2.27. The minimum Gasteiger partial charge on any atom is -0.273 e. The van der Waals surface area contributed by atoms with Gasteiger partial charge in [-0.1, -0.05) is 87.6 Å². The lowest BCUT2D eigenvalue weighted by atomic mass is 9.97. The van der Waals surface area contributed by atoms with Crippen LogP contribution in [0.1, 0.15) is 57.4 Å². The molecule has 1 amide bonds. The summed E-state index contributed by atoms with van der Waals surface area (Å²) >= 11 is 0. The lowest BCUT2D eigenvalue weighted by molar-refractivity contribution is -0.121. The van der Waals surface area contributed by atoms with Crippen molar-refractivity contribution < 1.29 is 4.79 Å². The van der Waals surface area contributed by atoms with Crippen LogP contribution in [0.25, 0.3) is 21.5 Å². The molecule has 3 rings (SSSR count). The minimum atomic E-state index is -0.00807. The molecule has 1 N–H and O–H groups in total. The Hall–Kier alpha value is -2.68. The van der Waals surface area contributed by atoms with E-state index in [9.17, 15) is 4.79 Å². The Morgan fingerprint density at radius 3 is 2.15 bits per heavy atom. The van der Waals surface area contributed by atoms with Crippen LogP contribution >= 0.6 is 0 Å². The molecule has 0 aromatic heterocycles. The SMILES string of the molecule is CCCCCCCCC(=O)NN=Cc1c2ccccc2cc2ccccc12. The smallest absolute Gasteiger partial charge is 0.240 e. The van der Waals surface area contributed by atoms with Crippen molar-refractivity contribution in [1.82, 2.24) is 5.43 Å². The van der Waals surface area contributed by atoms with E-state index in [0.717, 1.165) is 29.2 Å². The molecule has 0 aliphatic heterocycles. The first kappa shape index (κ1) is 19.1. The van der Waals surface area contributed by atoms with Crippen molar-refractivity contribution in [3.63, 3.8) is 0 Å². The largest absolute Gasteiger partial charge is 0.273 e. The molecule has 3 heteroatoms. The van der Waals surface area contributed by atoms with E-state index in [0.29, 0.717) is 6.42 Å². The normalized spacial score (nSPS) is 11.4. The van der Waals surface area contributed by atoms with Crippen LogP contribution in [-0.4, -0.2) is 12.1 Å². The number of carbonyl (C=O) groups is 1. The predicted octanol–water partition coefficient (Wildman–Crippen LogP) is 6.19. The fourth-order valence-electron chi connectivity index (χ4n) is 3.48. The molecule has 0 aliphatic carbocycles. The van der Waals surface area contributed by atoms with Crippen LogP contribution in [-0.2, 0) is 4.79 Å². The highest BCUT2D eigenvalue weighted by molar-refractivity contribution is 6.13. The number of nitrogens with one attached hydrogen (secondary N) is 1. The van der Waals surface area contributed by atoms with Gasteiger partial charge in [-0.05, 0) is 34.0 Å². The molecular weight excluding hydrogens is 332 g/mol. The Labute approximate surface area is 161 Å². The van der Waals surface area contributed by atoms with Crippen molar-refractivity contribution in [3.05, 3.63) is 60.2 Å². The summed E-state index contributed by atoms with van der Waals surface area (Å²) in [4.78, 5) is 12.0. The Balaban J connectivity index is 1.66. The first-order valence-corrected chi connectivity index (χ1v) is 10.0. The molecule has 0 saturated carbocycles. The van der Waals surface area contributed by atoms with Crippen LogP contribution in [0.2, 0.25) is 0 Å². The predicted molar refractivity (Wildman–Crippen MR) is 115 cm³/mol. The molecule has 3 aromatic rings. The van der Waals surface area contributed by atoms with Crippen molar-refractivity contribution in [2.24, 2.45) is 5.10 Å². The second kappa shape index (κ2) is 9.86. The van der Waals surface area contributed by atoms with Crippen LogP contribution in [0.3, 0.4) is 0 Å². The monoisotopic (exact) mass is 360 g/mol. The molecule has 0 spiro atoms. The molecule has 0 heterocycles. The molecule has 3 nitrogen and oxygen atoms in total. The van der Waals surface area contributed by atoms with Crippen LogP contribution in [0.15, 0.2) is 59.7 Å². The first-order chi connectivity index (χ1) is 13.3. The summed E-state index contributed by atoms with van der Waals surface area (Å²) in [5, 5.41) is 8.89. The summed E-state index contributed by atoms with van der Waals surface area (Å²) in [5.74, 6) is -0.00807. The van der Waals surface area contributed by atoms with Gasteiger partial charge in [0.1, 0.15) is 0 Å². The molecule has 0 bridgehead atoms. The van der Waals surface area contributed by atoms with E-state index in [1.54, 1.807) is 6.21 Å². The number of hydrogen-bond acceptors (Lipinski definition) is 2. The fraction of sp³-hybridized carbons (Fsp3) is 0.333. The Bertz CT molecular complexity index is 876. The highest BCUT2D eigenvalue weighted by Gasteiger charge is 2.05. The first-order valence-electron chi connectivity index (χ1n) is 10.0. The lowest BCUT2D eigenvalue weighted by Crippen LogP contribution is -2.16. The van der Waals surface area contributed by atoms with E-state index in [4.69, 9.17) is 0 Å². The molecule has 0 saturated heterocycles. The number of fused-ring (bicyclic) bond motifs is 2. The number of nitrogens with zero attached hydrogens (tertiary/aromatic N) is 1. The summed E-state index contributed by atoms with van der Waals surface area (Å²) in [6.07, 6.45) is 9.39. The Morgan fingerprint density at radius 2 is 1.48 bits per heavy atom. The molecule has 0 unspecified atom stereocenters. The number of unbranched alkanes of at least 4 members (excludes halogenated alkanes) is 5. The van der Waals surface area contributed by atoms with Crippen LogP contribution < -0.4 is 5.43 Å². The van der Waals surface area contributed by atoms with E-state index in [1.165, 1.54) is 36.5 Å². The van der Waals surface area contributed by atoms with E-state index >= 15 is 0 Å². The summed E-state index contributed by atoms with van der Waals surface area (Å²) in [6.45, 7) is 2.21. The van der Waals surface area contributed by atoms with Crippen LogP contribution in [0.5, 0.6) is 0 Å². The number of carbonyl (C=O) groups excluding carboxylic acids is 1.